The Bertz CT molecular complexity index is 729. The van der Waals surface area contributed by atoms with E-state index in [0.717, 1.165) is 44.2 Å². The number of fused-ring (bicyclic) bond motifs is 1. The number of aliphatic carboxylic acids is 1. The highest BCUT2D eigenvalue weighted by Gasteiger charge is 2.48. The maximum absolute atomic E-state index is 13.3. The molecule has 1 N–H and O–H groups in total. The summed E-state index contributed by atoms with van der Waals surface area (Å²) in [6, 6.07) is 1.27. The second kappa shape index (κ2) is 6.10. The summed E-state index contributed by atoms with van der Waals surface area (Å²) < 4.78 is 1.97. The van der Waals surface area contributed by atoms with Crippen LogP contribution in [-0.2, 0) is 10.3 Å². The summed E-state index contributed by atoms with van der Waals surface area (Å²) >= 11 is 0. The van der Waals surface area contributed by atoms with Gasteiger partial charge in [-0.2, -0.15) is 5.10 Å². The van der Waals surface area contributed by atoms with Crippen molar-refractivity contribution in [2.75, 3.05) is 0 Å². The van der Waals surface area contributed by atoms with Gasteiger partial charge in [-0.25, -0.2) is 4.79 Å². The second-order valence-corrected chi connectivity index (χ2v) is 9.23. The van der Waals surface area contributed by atoms with E-state index in [9.17, 15) is 14.7 Å². The van der Waals surface area contributed by atoms with E-state index in [2.05, 4.69) is 25.9 Å². The van der Waals surface area contributed by atoms with Gasteiger partial charge in [0.1, 0.15) is 6.04 Å². The number of rotatable bonds is 3. The van der Waals surface area contributed by atoms with Crippen LogP contribution in [0, 0.1) is 5.92 Å². The predicted octanol–water partition coefficient (Wildman–Crippen LogP) is 3.37. The molecule has 1 saturated heterocycles. The van der Waals surface area contributed by atoms with Crippen molar-refractivity contribution < 1.29 is 14.7 Å². The van der Waals surface area contributed by atoms with Gasteiger partial charge in [-0.05, 0) is 64.9 Å². The molecule has 2 saturated carbocycles. The van der Waals surface area contributed by atoms with Crippen molar-refractivity contribution in [3.63, 3.8) is 0 Å². The number of hydrogen-bond donors (Lipinski definition) is 1. The molecular weight excluding hydrogens is 330 g/mol. The normalized spacial score (nSPS) is 28.9. The van der Waals surface area contributed by atoms with Gasteiger partial charge in [0.2, 0.25) is 0 Å². The number of nitrogens with zero attached hydrogens (tertiary/aromatic N) is 3. The van der Waals surface area contributed by atoms with Crippen molar-refractivity contribution >= 4 is 11.9 Å². The Morgan fingerprint density at radius 1 is 1.15 bits per heavy atom. The van der Waals surface area contributed by atoms with Gasteiger partial charge in [-0.15, -0.1) is 0 Å². The summed E-state index contributed by atoms with van der Waals surface area (Å²) in [4.78, 5) is 26.8. The molecule has 4 rings (SSSR count). The lowest BCUT2D eigenvalue weighted by Gasteiger charge is -2.32. The highest BCUT2D eigenvalue weighted by atomic mass is 16.4. The molecule has 3 fully saturated rings. The molecule has 0 aromatic carbocycles. The summed E-state index contributed by atoms with van der Waals surface area (Å²) in [7, 11) is 0. The maximum atomic E-state index is 13.3. The van der Waals surface area contributed by atoms with Crippen molar-refractivity contribution in [2.45, 2.75) is 89.3 Å². The van der Waals surface area contributed by atoms with Gasteiger partial charge in [0.25, 0.3) is 5.91 Å². The average Bonchev–Trinajstić information content (AvgIpc) is 3.19. The number of likely N-dealkylation sites (tertiary alicyclic amines) is 1. The fourth-order valence-corrected chi connectivity index (χ4v) is 4.81. The third kappa shape index (κ3) is 2.93. The number of amides is 1. The smallest absolute Gasteiger partial charge is 0.326 e. The van der Waals surface area contributed by atoms with Crippen LogP contribution in [0.4, 0.5) is 0 Å². The van der Waals surface area contributed by atoms with Crippen LogP contribution in [0.3, 0.4) is 0 Å². The Hall–Kier alpha value is -1.85. The molecule has 1 aliphatic heterocycles. The van der Waals surface area contributed by atoms with Gasteiger partial charge < -0.3 is 10.0 Å². The van der Waals surface area contributed by atoms with Crippen LogP contribution >= 0.6 is 0 Å². The van der Waals surface area contributed by atoms with Crippen molar-refractivity contribution in [3.05, 3.63) is 17.5 Å². The first-order valence-corrected chi connectivity index (χ1v) is 9.93. The Morgan fingerprint density at radius 3 is 2.46 bits per heavy atom. The maximum Gasteiger partial charge on any atom is 0.326 e. The molecular formula is C20H29N3O3. The molecule has 0 radical (unpaired) electrons. The molecule has 3 atom stereocenters. The highest BCUT2D eigenvalue weighted by Crippen LogP contribution is 2.43. The van der Waals surface area contributed by atoms with Gasteiger partial charge in [-0.3, -0.25) is 9.48 Å². The van der Waals surface area contributed by atoms with Crippen LogP contribution in [0.2, 0.25) is 0 Å². The first-order valence-electron chi connectivity index (χ1n) is 9.93. The quantitative estimate of drug-likeness (QED) is 0.898. The lowest BCUT2D eigenvalue weighted by molar-refractivity contribution is -0.141. The molecule has 6 heteroatoms. The van der Waals surface area contributed by atoms with E-state index >= 15 is 0 Å². The van der Waals surface area contributed by atoms with Gasteiger partial charge in [-0.1, -0.05) is 12.8 Å². The van der Waals surface area contributed by atoms with Gasteiger partial charge in [0.05, 0.1) is 5.54 Å². The summed E-state index contributed by atoms with van der Waals surface area (Å²) in [5.41, 5.74) is 1.34. The zero-order valence-electron chi connectivity index (χ0n) is 15.9. The van der Waals surface area contributed by atoms with Gasteiger partial charge >= 0.3 is 5.97 Å². The molecule has 0 spiro atoms. The zero-order valence-corrected chi connectivity index (χ0v) is 15.9. The van der Waals surface area contributed by atoms with Crippen LogP contribution < -0.4 is 0 Å². The van der Waals surface area contributed by atoms with Crippen molar-refractivity contribution in [1.82, 2.24) is 14.7 Å². The fraction of sp³-hybridized carbons (Fsp3) is 0.750. The topological polar surface area (TPSA) is 75.4 Å². The average molecular weight is 359 g/mol. The number of hydrogen-bond acceptors (Lipinski definition) is 3. The van der Waals surface area contributed by atoms with Crippen molar-refractivity contribution in [3.8, 4) is 0 Å². The standard InChI is InChI=1S/C20H29N3O3/c1-20(2,3)23-16(12-8-9-12)11-14(21-23)18(24)22-15-7-5-4-6-13(15)10-17(22)19(25)26/h11-13,15,17H,4-10H2,1-3H3,(H,25,26)/t13-,15+,17-/m0/s1. The molecule has 26 heavy (non-hydrogen) atoms. The monoisotopic (exact) mass is 359 g/mol. The van der Waals surface area contributed by atoms with Crippen molar-refractivity contribution in [1.29, 1.82) is 0 Å². The molecule has 0 unspecified atom stereocenters. The lowest BCUT2D eigenvalue weighted by atomic mass is 9.84. The fourth-order valence-electron chi connectivity index (χ4n) is 4.81. The SMILES string of the molecule is CC(C)(C)n1nc(C(=O)N2[C@@H]3CCCC[C@H]3C[C@H]2C(=O)O)cc1C1CC1. The molecule has 142 valence electrons. The van der Waals surface area contributed by atoms with E-state index in [1.807, 2.05) is 10.7 Å². The summed E-state index contributed by atoms with van der Waals surface area (Å²) in [6.07, 6.45) is 7.02. The van der Waals surface area contributed by atoms with Crippen molar-refractivity contribution in [2.24, 2.45) is 5.92 Å². The first kappa shape index (κ1) is 17.6. The van der Waals surface area contributed by atoms with E-state index in [4.69, 9.17) is 0 Å². The molecule has 1 aromatic rings. The Morgan fingerprint density at radius 2 is 1.85 bits per heavy atom. The third-order valence-electron chi connectivity index (χ3n) is 6.19. The molecule has 2 heterocycles. The number of carbonyl (C=O) groups is 2. The number of carboxylic acid groups (broad SMARTS) is 1. The third-order valence-corrected chi connectivity index (χ3v) is 6.19. The van der Waals surface area contributed by atoms with Gasteiger partial charge in [0, 0.05) is 17.7 Å². The largest absolute Gasteiger partial charge is 0.480 e. The van der Waals surface area contributed by atoms with E-state index in [1.165, 1.54) is 0 Å². The molecule has 3 aliphatic rings. The predicted molar refractivity (Wildman–Crippen MR) is 97.2 cm³/mol. The van der Waals surface area contributed by atoms with E-state index in [0.29, 0.717) is 24.0 Å². The molecule has 0 bridgehead atoms. The molecule has 6 nitrogen and oxygen atoms in total. The minimum atomic E-state index is -0.884. The van der Waals surface area contributed by atoms with Crippen LogP contribution in [-0.4, -0.2) is 43.7 Å². The minimum Gasteiger partial charge on any atom is -0.480 e. The van der Waals surface area contributed by atoms with E-state index in [-0.39, 0.29) is 17.5 Å². The number of carboxylic acids is 1. The van der Waals surface area contributed by atoms with Crippen LogP contribution in [0.25, 0.3) is 0 Å². The summed E-state index contributed by atoms with van der Waals surface area (Å²) in [5, 5.41) is 14.3. The van der Waals surface area contributed by atoms with Crippen LogP contribution in [0.5, 0.6) is 0 Å². The van der Waals surface area contributed by atoms with E-state index in [1.54, 1.807) is 4.90 Å². The number of aromatic nitrogens is 2. The highest BCUT2D eigenvalue weighted by molar-refractivity contribution is 5.96. The van der Waals surface area contributed by atoms with Crippen LogP contribution in [0.1, 0.15) is 87.8 Å². The Labute approximate surface area is 154 Å². The molecule has 1 aromatic heterocycles. The van der Waals surface area contributed by atoms with Crippen LogP contribution in [0.15, 0.2) is 6.07 Å². The second-order valence-electron chi connectivity index (χ2n) is 9.23. The Kier molecular flexibility index (Phi) is 4.12. The van der Waals surface area contributed by atoms with E-state index < -0.39 is 12.0 Å². The minimum absolute atomic E-state index is 0.0570. The number of carbonyl (C=O) groups excluding carboxylic acids is 1. The summed E-state index contributed by atoms with van der Waals surface area (Å²) in [5.74, 6) is -0.275. The first-order chi connectivity index (χ1) is 12.3. The molecule has 2 aliphatic carbocycles. The molecule has 1 amide bonds. The Balaban J connectivity index is 1.68. The summed E-state index contributed by atoms with van der Waals surface area (Å²) in [6.45, 7) is 6.27. The van der Waals surface area contributed by atoms with Gasteiger partial charge in [0.15, 0.2) is 5.69 Å². The lowest BCUT2D eigenvalue weighted by Crippen LogP contribution is -2.46. The zero-order chi connectivity index (χ0) is 18.6.